The fourth-order valence-electron chi connectivity index (χ4n) is 5.73. The molecule has 204 valence electrons. The van der Waals surface area contributed by atoms with Crippen molar-refractivity contribution < 1.29 is 44.0 Å². The van der Waals surface area contributed by atoms with Gasteiger partial charge in [0.05, 0.1) is 23.8 Å². The second kappa shape index (κ2) is 9.49. The number of primary amides is 1. The van der Waals surface area contributed by atoms with Crippen LogP contribution in [0.5, 0.6) is 5.75 Å². The number of benzene rings is 1. The molecule has 0 aromatic heterocycles. The van der Waals surface area contributed by atoms with E-state index in [1.807, 2.05) is 6.92 Å². The Hall–Kier alpha value is -3.81. The van der Waals surface area contributed by atoms with Crippen LogP contribution in [0.3, 0.4) is 0 Å². The van der Waals surface area contributed by atoms with Gasteiger partial charge in [-0.25, -0.2) is 4.39 Å². The van der Waals surface area contributed by atoms with E-state index in [0.717, 1.165) is 12.5 Å². The van der Waals surface area contributed by atoms with Crippen LogP contribution in [0.25, 0.3) is 0 Å². The zero-order valence-corrected chi connectivity index (χ0v) is 20.7. The molecule has 1 aromatic carbocycles. The van der Waals surface area contributed by atoms with Gasteiger partial charge >= 0.3 is 0 Å². The number of rotatable bonds is 6. The zero-order valence-electron chi connectivity index (χ0n) is 20.7. The minimum Gasteiger partial charge on any atom is -0.510 e. The molecule has 9 N–H and O–H groups in total. The number of Topliss-reactive ketones (excluding diaryl/α,β-unsaturated/α-hetero) is 2. The maximum atomic E-state index is 15.2. The largest absolute Gasteiger partial charge is 0.510 e. The van der Waals surface area contributed by atoms with Crippen molar-refractivity contribution in [3.05, 3.63) is 45.7 Å². The van der Waals surface area contributed by atoms with Crippen LogP contribution in [0.1, 0.15) is 35.7 Å². The summed E-state index contributed by atoms with van der Waals surface area (Å²) in [5, 5.41) is 46.0. The van der Waals surface area contributed by atoms with Crippen LogP contribution >= 0.6 is 0 Å². The minimum atomic E-state index is -2.86. The Balaban J connectivity index is 1.79. The molecule has 3 aliphatic rings. The van der Waals surface area contributed by atoms with Crippen LogP contribution < -0.4 is 16.8 Å². The summed E-state index contributed by atoms with van der Waals surface area (Å²) in [5.41, 5.74) is 5.74. The third-order valence-corrected chi connectivity index (χ3v) is 7.49. The maximum Gasteiger partial charge on any atom is 0.255 e. The Morgan fingerprint density at radius 3 is 2.53 bits per heavy atom. The first kappa shape index (κ1) is 27.2. The number of halogens is 1. The van der Waals surface area contributed by atoms with Gasteiger partial charge in [0.1, 0.15) is 22.9 Å². The van der Waals surface area contributed by atoms with Crippen LogP contribution in [-0.4, -0.2) is 80.5 Å². The molecule has 12 nitrogen and oxygen atoms in total. The van der Waals surface area contributed by atoms with Gasteiger partial charge in [0.2, 0.25) is 11.7 Å². The molecule has 1 aromatic rings. The van der Waals surface area contributed by atoms with E-state index in [9.17, 15) is 39.6 Å². The molecule has 0 radical (unpaired) electrons. The standard InChI is InChI=1S/C25H29FN4O8/c1-3-4-30(2)8-14(31)29-13-7-12(26)10-5-9-6-11-18(27)21(34)17(24(28)37)23(36)25(11,38)22(35)15(9)20(33)16(10)19(13)32/h7,9,11,18,32,34-35,38H,3-6,8,27H2,1-2H3,(H2,28,37)(H,29,31)/t9-,11-,18-,25-/m0/s1. The van der Waals surface area contributed by atoms with Crippen molar-refractivity contribution in [3.8, 4) is 5.75 Å². The molecule has 0 heterocycles. The number of likely N-dealkylation sites (N-methyl/N-ethyl adjacent to an activating group) is 1. The first-order chi connectivity index (χ1) is 17.7. The number of ketones is 2. The fourth-order valence-corrected chi connectivity index (χ4v) is 5.73. The number of nitrogens with two attached hydrogens (primary N) is 2. The molecule has 0 saturated heterocycles. The van der Waals surface area contributed by atoms with Crippen LogP contribution in [0.2, 0.25) is 0 Å². The molecule has 4 atom stereocenters. The molecule has 0 bridgehead atoms. The van der Waals surface area contributed by atoms with Gasteiger partial charge in [0, 0.05) is 23.1 Å². The number of allylic oxidation sites excluding steroid dienone is 1. The lowest BCUT2D eigenvalue weighted by molar-refractivity contribution is -0.145. The summed E-state index contributed by atoms with van der Waals surface area (Å²) in [6.07, 6.45) is 0.314. The van der Waals surface area contributed by atoms with E-state index in [1.165, 1.54) is 0 Å². The Morgan fingerprint density at radius 2 is 1.92 bits per heavy atom. The predicted octanol–water partition coefficient (Wildman–Crippen LogP) is -0.0629. The molecular formula is C25H29FN4O8. The third-order valence-electron chi connectivity index (χ3n) is 7.49. The average molecular weight is 533 g/mol. The lowest BCUT2D eigenvalue weighted by atomic mass is 9.59. The topological polar surface area (TPSA) is 217 Å². The van der Waals surface area contributed by atoms with E-state index < -0.39 is 86.7 Å². The normalized spacial score (nSPS) is 26.7. The van der Waals surface area contributed by atoms with Gasteiger partial charge in [-0.1, -0.05) is 6.92 Å². The van der Waals surface area contributed by atoms with Gasteiger partial charge in [-0.15, -0.1) is 0 Å². The zero-order chi connectivity index (χ0) is 28.3. The molecular weight excluding hydrogens is 503 g/mol. The van der Waals surface area contributed by atoms with Gasteiger partial charge in [0.15, 0.2) is 17.1 Å². The highest BCUT2D eigenvalue weighted by Crippen LogP contribution is 2.52. The first-order valence-corrected chi connectivity index (χ1v) is 12.0. The molecule has 2 amide bonds. The molecule has 4 rings (SSSR count). The lowest BCUT2D eigenvalue weighted by Crippen LogP contribution is -2.63. The second-order valence-electron chi connectivity index (χ2n) is 9.97. The number of phenolic OH excluding ortho intramolecular Hbond substituents is 1. The van der Waals surface area contributed by atoms with Gasteiger partial charge in [-0.3, -0.25) is 24.1 Å². The number of aliphatic hydroxyl groups is 3. The molecule has 0 saturated carbocycles. The number of hydrogen-bond donors (Lipinski definition) is 7. The predicted molar refractivity (Wildman–Crippen MR) is 131 cm³/mol. The highest BCUT2D eigenvalue weighted by atomic mass is 19.1. The van der Waals surface area contributed by atoms with Crippen LogP contribution in [0.4, 0.5) is 10.1 Å². The number of aliphatic hydroxyl groups excluding tert-OH is 2. The Kier molecular flexibility index (Phi) is 6.80. The fraction of sp³-hybridized carbons (Fsp3) is 0.440. The molecule has 0 aliphatic heterocycles. The number of anilines is 1. The summed E-state index contributed by atoms with van der Waals surface area (Å²) >= 11 is 0. The van der Waals surface area contributed by atoms with Gasteiger partial charge in [-0.05, 0) is 38.8 Å². The Bertz CT molecular complexity index is 1340. The van der Waals surface area contributed by atoms with E-state index in [1.54, 1.807) is 11.9 Å². The number of carbonyl (C=O) groups excluding carboxylic acids is 4. The summed E-state index contributed by atoms with van der Waals surface area (Å²) in [6, 6.07) is -0.613. The number of aromatic hydroxyl groups is 1. The number of nitrogens with zero attached hydrogens (tertiary/aromatic N) is 1. The Morgan fingerprint density at radius 1 is 1.26 bits per heavy atom. The van der Waals surface area contributed by atoms with E-state index in [0.29, 0.717) is 6.54 Å². The van der Waals surface area contributed by atoms with Crippen molar-refractivity contribution in [3.63, 3.8) is 0 Å². The summed E-state index contributed by atoms with van der Waals surface area (Å²) < 4.78 is 15.2. The highest BCUT2D eigenvalue weighted by molar-refractivity contribution is 6.25. The van der Waals surface area contributed by atoms with Crippen molar-refractivity contribution in [2.24, 2.45) is 23.3 Å². The molecule has 38 heavy (non-hydrogen) atoms. The maximum absolute atomic E-state index is 15.2. The number of hydrogen-bond acceptors (Lipinski definition) is 10. The van der Waals surface area contributed by atoms with Crippen molar-refractivity contribution in [1.29, 1.82) is 0 Å². The quantitative estimate of drug-likeness (QED) is 0.191. The number of fused-ring (bicyclic) bond motifs is 3. The SMILES string of the molecule is CCCN(C)CC(=O)Nc1cc(F)c2c(c1O)C(=O)C1=C(O)[C@]3(O)C(=O)C(C(N)=O)=C(O)[C@@H](N)[C@@H]3C[C@@H]1C2. The summed E-state index contributed by atoms with van der Waals surface area (Å²) in [6.45, 7) is 2.48. The smallest absolute Gasteiger partial charge is 0.255 e. The molecule has 13 heteroatoms. The number of nitrogens with one attached hydrogen (secondary N) is 1. The summed E-state index contributed by atoms with van der Waals surface area (Å²) in [4.78, 5) is 52.5. The molecule has 0 fully saturated rings. The van der Waals surface area contributed by atoms with E-state index >= 15 is 4.39 Å². The molecule has 3 aliphatic carbocycles. The molecule has 0 spiro atoms. The minimum absolute atomic E-state index is 0.0622. The van der Waals surface area contributed by atoms with Crippen molar-refractivity contribution in [2.45, 2.75) is 37.8 Å². The second-order valence-corrected chi connectivity index (χ2v) is 9.97. The van der Waals surface area contributed by atoms with Crippen molar-refractivity contribution in [1.82, 2.24) is 4.90 Å². The van der Waals surface area contributed by atoms with Gasteiger partial charge in [0.25, 0.3) is 5.91 Å². The van der Waals surface area contributed by atoms with Crippen molar-refractivity contribution in [2.75, 3.05) is 25.5 Å². The number of carbonyl (C=O) groups is 4. The van der Waals surface area contributed by atoms with E-state index in [2.05, 4.69) is 5.32 Å². The Labute approximate surface area is 216 Å². The number of phenols is 1. The third kappa shape index (κ3) is 3.94. The van der Waals surface area contributed by atoms with Gasteiger partial charge in [-0.2, -0.15) is 0 Å². The van der Waals surface area contributed by atoms with Gasteiger partial charge < -0.3 is 37.2 Å². The first-order valence-electron chi connectivity index (χ1n) is 12.0. The highest BCUT2D eigenvalue weighted by Gasteiger charge is 2.62. The van der Waals surface area contributed by atoms with Crippen LogP contribution in [0.15, 0.2) is 28.7 Å². The monoisotopic (exact) mass is 532 g/mol. The summed E-state index contributed by atoms with van der Waals surface area (Å²) in [5.74, 6) is -10.4. The summed E-state index contributed by atoms with van der Waals surface area (Å²) in [7, 11) is 1.70. The van der Waals surface area contributed by atoms with Crippen molar-refractivity contribution >= 4 is 29.1 Å². The van der Waals surface area contributed by atoms with E-state index in [-0.39, 0.29) is 30.6 Å². The van der Waals surface area contributed by atoms with Crippen LogP contribution in [0, 0.1) is 17.7 Å². The molecule has 0 unspecified atom stereocenters. The van der Waals surface area contributed by atoms with E-state index in [4.69, 9.17) is 11.5 Å². The van der Waals surface area contributed by atoms with Crippen LogP contribution in [-0.2, 0) is 20.8 Å². The number of amides is 2. The average Bonchev–Trinajstić information content (AvgIpc) is 2.82. The lowest BCUT2D eigenvalue weighted by Gasteiger charge is -2.47.